The Balaban J connectivity index is 2.16. The summed E-state index contributed by atoms with van der Waals surface area (Å²) >= 11 is 0. The van der Waals surface area contributed by atoms with Gasteiger partial charge in [-0.25, -0.2) is 13.1 Å². The van der Waals surface area contributed by atoms with Crippen LogP contribution >= 0.6 is 0 Å². The molecule has 1 aromatic rings. The van der Waals surface area contributed by atoms with Crippen molar-refractivity contribution in [3.8, 4) is 5.75 Å². The third kappa shape index (κ3) is 5.06. The molecular formula is C14H17F3N2O5S. The van der Waals surface area contributed by atoms with Gasteiger partial charge in [0.1, 0.15) is 5.75 Å². The van der Waals surface area contributed by atoms with Crippen LogP contribution in [0.4, 0.5) is 13.2 Å². The van der Waals surface area contributed by atoms with Crippen LogP contribution in [-0.4, -0.2) is 40.4 Å². The number of benzene rings is 1. The zero-order chi connectivity index (χ0) is 18.7. The van der Waals surface area contributed by atoms with Crippen molar-refractivity contribution >= 4 is 15.9 Å². The maximum atomic E-state index is 12.3. The number of alkyl halides is 3. The van der Waals surface area contributed by atoms with Crippen molar-refractivity contribution in [2.24, 2.45) is 11.1 Å². The fraction of sp³-hybridized carbons (Fsp3) is 0.500. The van der Waals surface area contributed by atoms with Crippen LogP contribution in [0.2, 0.25) is 0 Å². The van der Waals surface area contributed by atoms with Crippen LogP contribution in [0.3, 0.4) is 0 Å². The Morgan fingerprint density at radius 1 is 1.32 bits per heavy atom. The molecule has 0 aromatic heterocycles. The lowest BCUT2D eigenvalue weighted by Gasteiger charge is -2.34. The molecule has 140 valence electrons. The first-order valence-electron chi connectivity index (χ1n) is 7.27. The van der Waals surface area contributed by atoms with Gasteiger partial charge in [0.2, 0.25) is 15.9 Å². The Bertz CT molecular complexity index is 730. The smallest absolute Gasteiger partial charge is 0.406 e. The summed E-state index contributed by atoms with van der Waals surface area (Å²) in [7, 11) is -4.16. The Hall–Kier alpha value is -1.85. The molecule has 0 saturated carbocycles. The number of primary amides is 1. The monoisotopic (exact) mass is 382 g/mol. The number of carbonyl (C=O) groups is 1. The highest BCUT2D eigenvalue weighted by Gasteiger charge is 2.39. The molecule has 1 heterocycles. The van der Waals surface area contributed by atoms with Crippen molar-refractivity contribution in [1.82, 2.24) is 4.72 Å². The molecule has 2 rings (SSSR count). The molecule has 1 amide bonds. The number of carbonyl (C=O) groups excluding carboxylic acids is 1. The summed E-state index contributed by atoms with van der Waals surface area (Å²) in [5, 5.41) is 0. The predicted molar refractivity (Wildman–Crippen MR) is 80.0 cm³/mol. The average molecular weight is 382 g/mol. The third-order valence-corrected chi connectivity index (χ3v) is 5.32. The summed E-state index contributed by atoms with van der Waals surface area (Å²) in [6.45, 7) is 0.261. The van der Waals surface area contributed by atoms with E-state index >= 15 is 0 Å². The van der Waals surface area contributed by atoms with Crippen molar-refractivity contribution in [1.29, 1.82) is 0 Å². The molecule has 1 aliphatic heterocycles. The average Bonchev–Trinajstić information content (AvgIpc) is 2.52. The summed E-state index contributed by atoms with van der Waals surface area (Å²) in [6.07, 6.45) is -4.43. The highest BCUT2D eigenvalue weighted by atomic mass is 32.2. The SMILES string of the molecule is NC(=O)C1(CNS(=O)(=O)c2cccc(OC(F)(F)F)c2)CCOCC1. The molecule has 25 heavy (non-hydrogen) atoms. The van der Waals surface area contributed by atoms with E-state index in [-0.39, 0.29) is 32.6 Å². The Labute approximate surface area is 142 Å². The zero-order valence-corrected chi connectivity index (χ0v) is 13.8. The fourth-order valence-corrected chi connectivity index (χ4v) is 3.59. The van der Waals surface area contributed by atoms with E-state index in [0.29, 0.717) is 0 Å². The van der Waals surface area contributed by atoms with Gasteiger partial charge in [0.15, 0.2) is 0 Å². The Kier molecular flexibility index (Phi) is 5.59. The largest absolute Gasteiger partial charge is 0.573 e. The van der Waals surface area contributed by atoms with Crippen molar-refractivity contribution in [3.63, 3.8) is 0 Å². The number of nitrogens with one attached hydrogen (secondary N) is 1. The second-order valence-electron chi connectivity index (χ2n) is 5.60. The van der Waals surface area contributed by atoms with Crippen LogP contribution in [0.15, 0.2) is 29.2 Å². The van der Waals surface area contributed by atoms with E-state index in [1.54, 1.807) is 0 Å². The maximum Gasteiger partial charge on any atom is 0.573 e. The van der Waals surface area contributed by atoms with E-state index in [0.717, 1.165) is 24.3 Å². The van der Waals surface area contributed by atoms with Crippen molar-refractivity contribution in [2.45, 2.75) is 24.1 Å². The molecule has 3 N–H and O–H groups in total. The number of amides is 1. The number of nitrogens with two attached hydrogens (primary N) is 1. The second kappa shape index (κ2) is 7.18. The van der Waals surface area contributed by atoms with Crippen molar-refractivity contribution < 1.29 is 35.9 Å². The molecule has 1 aromatic carbocycles. The number of sulfonamides is 1. The zero-order valence-electron chi connectivity index (χ0n) is 13.0. The summed E-state index contributed by atoms with van der Waals surface area (Å²) < 4.78 is 72.5. The molecule has 0 spiro atoms. The molecule has 11 heteroatoms. The highest BCUT2D eigenvalue weighted by Crippen LogP contribution is 2.30. The van der Waals surface area contributed by atoms with E-state index in [1.165, 1.54) is 0 Å². The Morgan fingerprint density at radius 2 is 1.96 bits per heavy atom. The van der Waals surface area contributed by atoms with E-state index in [2.05, 4.69) is 9.46 Å². The van der Waals surface area contributed by atoms with E-state index in [4.69, 9.17) is 10.5 Å². The van der Waals surface area contributed by atoms with Crippen LogP contribution in [-0.2, 0) is 19.6 Å². The van der Waals surface area contributed by atoms with Gasteiger partial charge in [-0.2, -0.15) is 0 Å². The lowest BCUT2D eigenvalue weighted by molar-refractivity contribution is -0.274. The first-order valence-corrected chi connectivity index (χ1v) is 8.76. The summed E-state index contributed by atoms with van der Waals surface area (Å²) in [6, 6.07) is 3.97. The number of ether oxygens (including phenoxy) is 2. The lowest BCUT2D eigenvalue weighted by atomic mass is 9.80. The number of hydrogen-bond donors (Lipinski definition) is 2. The lowest BCUT2D eigenvalue weighted by Crippen LogP contribution is -2.49. The van der Waals surface area contributed by atoms with Gasteiger partial charge in [0.25, 0.3) is 0 Å². The first-order chi connectivity index (χ1) is 11.5. The normalized spacial score (nSPS) is 17.9. The van der Waals surface area contributed by atoms with Crippen LogP contribution in [0.5, 0.6) is 5.75 Å². The van der Waals surface area contributed by atoms with Crippen LogP contribution in [0.25, 0.3) is 0 Å². The second-order valence-corrected chi connectivity index (χ2v) is 7.37. The van der Waals surface area contributed by atoms with Crippen molar-refractivity contribution in [2.75, 3.05) is 19.8 Å². The molecule has 7 nitrogen and oxygen atoms in total. The number of rotatable bonds is 6. The molecule has 1 saturated heterocycles. The van der Waals surface area contributed by atoms with Crippen LogP contribution < -0.4 is 15.2 Å². The maximum absolute atomic E-state index is 12.3. The first kappa shape index (κ1) is 19.5. The van der Waals surface area contributed by atoms with Crippen LogP contribution in [0.1, 0.15) is 12.8 Å². The molecule has 0 bridgehead atoms. The minimum Gasteiger partial charge on any atom is -0.406 e. The summed E-state index contributed by atoms with van der Waals surface area (Å²) in [5.41, 5.74) is 4.30. The van der Waals surface area contributed by atoms with Crippen molar-refractivity contribution in [3.05, 3.63) is 24.3 Å². The molecule has 0 aliphatic carbocycles. The standard InChI is InChI=1S/C14H17F3N2O5S/c15-14(16,17)24-10-2-1-3-11(8-10)25(21,22)19-9-13(12(18)20)4-6-23-7-5-13/h1-3,8,19H,4-7,9H2,(H2,18,20). The van der Waals surface area contributed by atoms with Gasteiger partial charge in [-0.1, -0.05) is 6.07 Å². The third-order valence-electron chi connectivity index (χ3n) is 3.92. The summed E-state index contributed by atoms with van der Waals surface area (Å²) in [5.74, 6) is -1.32. The minimum atomic E-state index is -4.94. The molecule has 0 radical (unpaired) electrons. The van der Waals surface area contributed by atoms with E-state index in [1.807, 2.05) is 0 Å². The fourth-order valence-electron chi connectivity index (χ4n) is 2.43. The quantitative estimate of drug-likeness (QED) is 0.767. The molecule has 0 unspecified atom stereocenters. The van der Waals surface area contributed by atoms with E-state index < -0.39 is 38.4 Å². The molecule has 1 fully saturated rings. The van der Waals surface area contributed by atoms with Gasteiger partial charge in [0, 0.05) is 25.8 Å². The van der Waals surface area contributed by atoms with Gasteiger partial charge >= 0.3 is 6.36 Å². The number of halogens is 3. The molecular weight excluding hydrogens is 365 g/mol. The Morgan fingerprint density at radius 3 is 2.52 bits per heavy atom. The summed E-state index contributed by atoms with van der Waals surface area (Å²) in [4.78, 5) is 11.3. The van der Waals surface area contributed by atoms with Gasteiger partial charge in [-0.15, -0.1) is 13.2 Å². The van der Waals surface area contributed by atoms with Crippen LogP contribution in [0, 0.1) is 5.41 Å². The van der Waals surface area contributed by atoms with Gasteiger partial charge in [-0.05, 0) is 25.0 Å². The van der Waals surface area contributed by atoms with Gasteiger partial charge < -0.3 is 15.2 Å². The van der Waals surface area contributed by atoms with E-state index in [9.17, 15) is 26.4 Å². The highest BCUT2D eigenvalue weighted by molar-refractivity contribution is 7.89. The topological polar surface area (TPSA) is 108 Å². The van der Waals surface area contributed by atoms with Gasteiger partial charge in [-0.3, -0.25) is 4.79 Å². The predicted octanol–water partition coefficient (Wildman–Crippen LogP) is 1.15. The number of hydrogen-bond acceptors (Lipinski definition) is 5. The molecule has 0 atom stereocenters. The molecule has 1 aliphatic rings. The van der Waals surface area contributed by atoms with Gasteiger partial charge in [0.05, 0.1) is 10.3 Å². The minimum absolute atomic E-state index is 0.252.